The van der Waals surface area contributed by atoms with Crippen molar-refractivity contribution in [1.82, 2.24) is 10.2 Å². The van der Waals surface area contributed by atoms with Gasteiger partial charge in [-0.05, 0) is 13.8 Å². The lowest BCUT2D eigenvalue weighted by atomic mass is 10.1. The molecule has 5 heteroatoms. The summed E-state index contributed by atoms with van der Waals surface area (Å²) >= 11 is 0. The van der Waals surface area contributed by atoms with Crippen molar-refractivity contribution in [3.8, 4) is 0 Å². The van der Waals surface area contributed by atoms with E-state index in [-0.39, 0.29) is 24.4 Å². The van der Waals surface area contributed by atoms with Crippen molar-refractivity contribution in [3.63, 3.8) is 0 Å². The molecule has 0 saturated carbocycles. The molecular weight excluding hydrogens is 216 g/mol. The minimum absolute atomic E-state index is 0. The largest absolute Gasteiger partial charge is 0.378 e. The van der Waals surface area contributed by atoms with Crippen molar-refractivity contribution >= 4 is 18.3 Å². The van der Waals surface area contributed by atoms with Gasteiger partial charge in [-0.1, -0.05) is 0 Å². The molecule has 1 saturated heterocycles. The fourth-order valence-corrected chi connectivity index (χ4v) is 1.31. The number of hydrogen-bond acceptors (Lipinski definition) is 3. The van der Waals surface area contributed by atoms with Crippen molar-refractivity contribution in [2.75, 3.05) is 26.7 Å². The molecule has 15 heavy (non-hydrogen) atoms. The molecule has 0 unspecified atom stereocenters. The van der Waals surface area contributed by atoms with Crippen molar-refractivity contribution < 1.29 is 9.53 Å². The van der Waals surface area contributed by atoms with E-state index in [9.17, 15) is 4.79 Å². The highest BCUT2D eigenvalue weighted by Gasteiger charge is 2.24. The quantitative estimate of drug-likeness (QED) is 0.763. The lowest BCUT2D eigenvalue weighted by Crippen LogP contribution is -2.57. The molecule has 1 heterocycles. The van der Waals surface area contributed by atoms with Gasteiger partial charge in [0.15, 0.2) is 0 Å². The summed E-state index contributed by atoms with van der Waals surface area (Å²) in [5.41, 5.74) is 0. The van der Waals surface area contributed by atoms with Gasteiger partial charge in [0, 0.05) is 20.1 Å². The summed E-state index contributed by atoms with van der Waals surface area (Å²) in [6.45, 7) is 6.33. The maximum atomic E-state index is 11.6. The van der Waals surface area contributed by atoms with Crippen molar-refractivity contribution in [2.24, 2.45) is 0 Å². The number of halogens is 1. The molecule has 1 aliphatic heterocycles. The number of amides is 1. The first kappa shape index (κ1) is 14.7. The van der Waals surface area contributed by atoms with Gasteiger partial charge >= 0.3 is 0 Å². The third-order valence-electron chi connectivity index (χ3n) is 2.47. The summed E-state index contributed by atoms with van der Waals surface area (Å²) in [7, 11) is 1.86. The van der Waals surface area contributed by atoms with Crippen LogP contribution in [0.3, 0.4) is 0 Å². The number of likely N-dealkylation sites (N-methyl/N-ethyl adjacent to an activating group) is 1. The third kappa shape index (κ3) is 4.82. The Kier molecular flexibility index (Phi) is 6.89. The van der Waals surface area contributed by atoms with Crippen molar-refractivity contribution in [3.05, 3.63) is 0 Å². The first-order chi connectivity index (χ1) is 6.61. The van der Waals surface area contributed by atoms with Gasteiger partial charge in [0.25, 0.3) is 0 Å². The van der Waals surface area contributed by atoms with Crippen LogP contribution in [-0.4, -0.2) is 49.7 Å². The van der Waals surface area contributed by atoms with E-state index in [0.29, 0.717) is 19.1 Å². The van der Waals surface area contributed by atoms with Gasteiger partial charge < -0.3 is 15.0 Å². The molecule has 0 spiro atoms. The van der Waals surface area contributed by atoms with Crippen LogP contribution >= 0.6 is 12.4 Å². The number of nitrogens with one attached hydrogen (secondary N) is 1. The van der Waals surface area contributed by atoms with E-state index in [0.717, 1.165) is 13.1 Å². The van der Waals surface area contributed by atoms with E-state index in [1.54, 1.807) is 0 Å². The Hall–Kier alpha value is -0.320. The van der Waals surface area contributed by atoms with Gasteiger partial charge in [-0.15, -0.1) is 12.4 Å². The highest BCUT2D eigenvalue weighted by Crippen LogP contribution is 2.04. The topological polar surface area (TPSA) is 41.6 Å². The molecule has 1 amide bonds. The van der Waals surface area contributed by atoms with Gasteiger partial charge in [-0.2, -0.15) is 0 Å². The highest BCUT2D eigenvalue weighted by molar-refractivity contribution is 5.85. The molecular formula is C10H21ClN2O2. The molecule has 1 N–H and O–H groups in total. The maximum Gasteiger partial charge on any atom is 0.224 e. The van der Waals surface area contributed by atoms with Crippen LogP contribution in [0, 0.1) is 0 Å². The van der Waals surface area contributed by atoms with Crippen LogP contribution in [0.5, 0.6) is 0 Å². The Balaban J connectivity index is 0.00000196. The van der Waals surface area contributed by atoms with E-state index < -0.39 is 0 Å². The Morgan fingerprint density at radius 1 is 1.53 bits per heavy atom. The van der Waals surface area contributed by atoms with E-state index in [4.69, 9.17) is 4.74 Å². The van der Waals surface area contributed by atoms with Gasteiger partial charge in [-0.25, -0.2) is 0 Å². The molecule has 0 atom stereocenters. The van der Waals surface area contributed by atoms with Crippen LogP contribution in [0.4, 0.5) is 0 Å². The standard InChI is InChI=1S/C10H20N2O2.ClH/c1-8(2)14-5-4-10(13)12(3)9-6-11-7-9;/h8-9,11H,4-7H2,1-3H3;1H. The molecule has 1 aliphatic rings. The van der Waals surface area contributed by atoms with Gasteiger partial charge in [0.1, 0.15) is 0 Å². The average molecular weight is 237 g/mol. The fourth-order valence-electron chi connectivity index (χ4n) is 1.31. The summed E-state index contributed by atoms with van der Waals surface area (Å²) in [5, 5.41) is 3.15. The number of hydrogen-bond donors (Lipinski definition) is 1. The Bertz CT molecular complexity index is 196. The zero-order valence-electron chi connectivity index (χ0n) is 9.66. The zero-order chi connectivity index (χ0) is 10.6. The first-order valence-corrected chi connectivity index (χ1v) is 5.19. The van der Waals surface area contributed by atoms with Crippen LogP contribution in [-0.2, 0) is 9.53 Å². The van der Waals surface area contributed by atoms with Crippen molar-refractivity contribution in [1.29, 1.82) is 0 Å². The molecule has 1 fully saturated rings. The van der Waals surface area contributed by atoms with E-state index >= 15 is 0 Å². The van der Waals surface area contributed by atoms with Gasteiger partial charge in [0.05, 0.1) is 25.2 Å². The normalized spacial score (nSPS) is 15.7. The number of carbonyl (C=O) groups is 1. The minimum Gasteiger partial charge on any atom is -0.378 e. The summed E-state index contributed by atoms with van der Waals surface area (Å²) in [4.78, 5) is 13.4. The molecule has 1 rings (SSSR count). The molecule has 90 valence electrons. The molecule has 4 nitrogen and oxygen atoms in total. The third-order valence-corrected chi connectivity index (χ3v) is 2.47. The monoisotopic (exact) mass is 236 g/mol. The second-order valence-electron chi connectivity index (χ2n) is 3.99. The predicted octanol–water partition coefficient (Wildman–Crippen LogP) is 0.653. The van der Waals surface area contributed by atoms with Crippen LogP contribution in [0.15, 0.2) is 0 Å². The molecule has 0 radical (unpaired) electrons. The first-order valence-electron chi connectivity index (χ1n) is 5.19. The lowest BCUT2D eigenvalue weighted by molar-refractivity contribution is -0.134. The highest BCUT2D eigenvalue weighted by atomic mass is 35.5. The summed E-state index contributed by atoms with van der Waals surface area (Å²) in [6.07, 6.45) is 0.698. The van der Waals surface area contributed by atoms with Crippen LogP contribution in [0.2, 0.25) is 0 Å². The van der Waals surface area contributed by atoms with E-state index in [1.807, 2.05) is 25.8 Å². The minimum atomic E-state index is 0. The SMILES string of the molecule is CC(C)OCCC(=O)N(C)C1CNC1.Cl. The van der Waals surface area contributed by atoms with Crippen molar-refractivity contribution in [2.45, 2.75) is 32.4 Å². The Labute approximate surface area is 97.8 Å². The summed E-state index contributed by atoms with van der Waals surface area (Å²) in [5.74, 6) is 0.178. The molecule has 0 aromatic heterocycles. The van der Waals surface area contributed by atoms with E-state index in [2.05, 4.69) is 5.32 Å². The van der Waals surface area contributed by atoms with Crippen LogP contribution < -0.4 is 5.32 Å². The molecule has 0 aromatic rings. The molecule has 0 bridgehead atoms. The predicted molar refractivity (Wildman–Crippen MR) is 62.4 cm³/mol. The lowest BCUT2D eigenvalue weighted by Gasteiger charge is -2.35. The molecule has 0 aromatic carbocycles. The Morgan fingerprint density at radius 2 is 2.13 bits per heavy atom. The smallest absolute Gasteiger partial charge is 0.224 e. The number of nitrogens with zero attached hydrogens (tertiary/aromatic N) is 1. The summed E-state index contributed by atoms with van der Waals surface area (Å²) < 4.78 is 5.33. The number of rotatable bonds is 5. The second kappa shape index (κ2) is 7.04. The molecule has 0 aliphatic carbocycles. The Morgan fingerprint density at radius 3 is 2.53 bits per heavy atom. The second-order valence-corrected chi connectivity index (χ2v) is 3.99. The van der Waals surface area contributed by atoms with Crippen LogP contribution in [0.1, 0.15) is 20.3 Å². The maximum absolute atomic E-state index is 11.6. The average Bonchev–Trinajstić information content (AvgIpc) is 2.00. The van der Waals surface area contributed by atoms with E-state index in [1.165, 1.54) is 0 Å². The fraction of sp³-hybridized carbons (Fsp3) is 0.900. The van der Waals surface area contributed by atoms with Gasteiger partial charge in [-0.3, -0.25) is 4.79 Å². The summed E-state index contributed by atoms with van der Waals surface area (Å²) in [6, 6.07) is 0.390. The van der Waals surface area contributed by atoms with Gasteiger partial charge in [0.2, 0.25) is 5.91 Å². The number of ether oxygens (including phenoxy) is 1. The van der Waals surface area contributed by atoms with Crippen LogP contribution in [0.25, 0.3) is 0 Å². The zero-order valence-corrected chi connectivity index (χ0v) is 10.5. The number of carbonyl (C=O) groups excluding carboxylic acids is 1.